The van der Waals surface area contributed by atoms with Crippen molar-refractivity contribution in [2.75, 3.05) is 7.05 Å². The molecule has 1 heterocycles. The minimum Gasteiger partial charge on any atom is -0.451 e. The molecule has 0 aliphatic heterocycles. The highest BCUT2D eigenvalue weighted by Crippen LogP contribution is 2.27. The molecule has 0 aromatic carbocycles. The van der Waals surface area contributed by atoms with Gasteiger partial charge in [-0.2, -0.15) is 0 Å². The number of sulfonamides is 1. The molecule has 1 aliphatic carbocycles. The first kappa shape index (κ1) is 11.2. The van der Waals surface area contributed by atoms with Crippen molar-refractivity contribution in [3.05, 3.63) is 17.9 Å². The Balaban J connectivity index is 2.21. The molecule has 0 radical (unpaired) electrons. The highest BCUT2D eigenvalue weighted by molar-refractivity contribution is 7.89. The van der Waals surface area contributed by atoms with Crippen LogP contribution in [0.1, 0.15) is 23.2 Å². The standard InChI is InChI=1S/C9H12N2O4S/c1-11(7-2-3-7)9(12)6-4-8(15-5-6)16(10,13)14/h4-5,7H,2-3H2,1H3,(H2,10,13,14). The van der Waals surface area contributed by atoms with Crippen molar-refractivity contribution in [1.29, 1.82) is 0 Å². The van der Waals surface area contributed by atoms with E-state index in [9.17, 15) is 13.2 Å². The highest BCUT2D eigenvalue weighted by Gasteiger charge is 2.31. The molecule has 6 nitrogen and oxygen atoms in total. The van der Waals surface area contributed by atoms with Crippen LogP contribution in [0.3, 0.4) is 0 Å². The lowest BCUT2D eigenvalue weighted by Crippen LogP contribution is -2.28. The lowest BCUT2D eigenvalue weighted by molar-refractivity contribution is 0.0784. The monoisotopic (exact) mass is 244 g/mol. The van der Waals surface area contributed by atoms with Gasteiger partial charge in [-0.25, -0.2) is 13.6 Å². The molecule has 1 saturated carbocycles. The first-order valence-corrected chi connectivity index (χ1v) is 6.32. The molecule has 1 aromatic heterocycles. The van der Waals surface area contributed by atoms with E-state index in [4.69, 9.17) is 9.56 Å². The maximum Gasteiger partial charge on any atom is 0.271 e. The summed E-state index contributed by atoms with van der Waals surface area (Å²) in [5, 5.41) is 4.48. The highest BCUT2D eigenvalue weighted by atomic mass is 32.2. The number of hydrogen-bond acceptors (Lipinski definition) is 4. The second kappa shape index (κ2) is 3.60. The molecule has 0 spiro atoms. The van der Waals surface area contributed by atoms with Crippen LogP contribution in [0.25, 0.3) is 0 Å². The summed E-state index contributed by atoms with van der Waals surface area (Å²) in [6, 6.07) is 1.41. The average Bonchev–Trinajstić information content (AvgIpc) is 2.91. The molecule has 0 atom stereocenters. The van der Waals surface area contributed by atoms with Gasteiger partial charge in [0.15, 0.2) is 0 Å². The Morgan fingerprint density at radius 1 is 1.56 bits per heavy atom. The van der Waals surface area contributed by atoms with Crippen LogP contribution >= 0.6 is 0 Å². The summed E-state index contributed by atoms with van der Waals surface area (Å²) in [6.07, 6.45) is 3.09. The van der Waals surface area contributed by atoms with Crippen molar-refractivity contribution in [2.24, 2.45) is 5.14 Å². The molecular weight excluding hydrogens is 232 g/mol. The predicted molar refractivity (Wildman–Crippen MR) is 55.2 cm³/mol. The van der Waals surface area contributed by atoms with Crippen LogP contribution in [0.15, 0.2) is 21.8 Å². The van der Waals surface area contributed by atoms with E-state index in [-0.39, 0.29) is 22.6 Å². The normalized spacial score (nSPS) is 16.1. The number of primary sulfonamides is 1. The molecule has 1 amide bonds. The molecule has 0 unspecified atom stereocenters. The fraction of sp³-hybridized carbons (Fsp3) is 0.444. The number of furan rings is 1. The third-order valence-electron chi connectivity index (χ3n) is 2.52. The number of rotatable bonds is 3. The van der Waals surface area contributed by atoms with E-state index in [0.717, 1.165) is 25.2 Å². The van der Waals surface area contributed by atoms with Crippen LogP contribution in [-0.2, 0) is 10.0 Å². The molecule has 2 rings (SSSR count). The van der Waals surface area contributed by atoms with E-state index >= 15 is 0 Å². The van der Waals surface area contributed by atoms with Crippen molar-refractivity contribution in [2.45, 2.75) is 24.0 Å². The summed E-state index contributed by atoms with van der Waals surface area (Å²) in [6.45, 7) is 0. The van der Waals surface area contributed by atoms with E-state index in [1.165, 1.54) is 0 Å². The number of nitrogens with zero attached hydrogens (tertiary/aromatic N) is 1. The van der Waals surface area contributed by atoms with Gasteiger partial charge in [0.25, 0.3) is 15.9 Å². The molecule has 1 aromatic rings. The Hall–Kier alpha value is -1.34. The van der Waals surface area contributed by atoms with Crippen LogP contribution in [0, 0.1) is 0 Å². The molecule has 1 aliphatic rings. The SMILES string of the molecule is CN(C(=O)c1coc(S(N)(=O)=O)c1)C1CC1. The second-order valence-electron chi connectivity index (χ2n) is 3.85. The summed E-state index contributed by atoms with van der Waals surface area (Å²) in [5.74, 6) is -0.249. The predicted octanol–water partition coefficient (Wildman–Crippen LogP) is 0.161. The summed E-state index contributed by atoms with van der Waals surface area (Å²) in [5.41, 5.74) is 0.207. The molecule has 88 valence electrons. The first-order valence-electron chi connectivity index (χ1n) is 4.78. The quantitative estimate of drug-likeness (QED) is 0.819. The Bertz CT molecular complexity index is 515. The van der Waals surface area contributed by atoms with Crippen LogP contribution in [0.4, 0.5) is 0 Å². The fourth-order valence-electron chi connectivity index (χ4n) is 1.41. The van der Waals surface area contributed by atoms with Gasteiger partial charge < -0.3 is 9.32 Å². The van der Waals surface area contributed by atoms with Crippen LogP contribution in [0.5, 0.6) is 0 Å². The number of nitrogens with two attached hydrogens (primary N) is 1. The average molecular weight is 244 g/mol. The van der Waals surface area contributed by atoms with Gasteiger partial charge >= 0.3 is 0 Å². The number of carbonyl (C=O) groups is 1. The zero-order chi connectivity index (χ0) is 11.9. The first-order chi connectivity index (χ1) is 7.39. The summed E-state index contributed by atoms with van der Waals surface area (Å²) in [7, 11) is -2.20. The Morgan fingerprint density at radius 3 is 2.62 bits per heavy atom. The summed E-state index contributed by atoms with van der Waals surface area (Å²) < 4.78 is 26.6. The smallest absolute Gasteiger partial charge is 0.271 e. The van der Waals surface area contributed by atoms with Gasteiger partial charge in [-0.3, -0.25) is 4.79 Å². The van der Waals surface area contributed by atoms with Crippen molar-refractivity contribution in [1.82, 2.24) is 4.90 Å². The zero-order valence-electron chi connectivity index (χ0n) is 8.71. The van der Waals surface area contributed by atoms with Gasteiger partial charge in [-0.05, 0) is 12.8 Å². The van der Waals surface area contributed by atoms with Gasteiger partial charge in [-0.1, -0.05) is 0 Å². The third-order valence-corrected chi connectivity index (χ3v) is 3.29. The number of hydrogen-bond donors (Lipinski definition) is 1. The van der Waals surface area contributed by atoms with Crippen molar-refractivity contribution >= 4 is 15.9 Å². The van der Waals surface area contributed by atoms with Crippen molar-refractivity contribution < 1.29 is 17.6 Å². The van der Waals surface area contributed by atoms with E-state index in [0.29, 0.717) is 0 Å². The second-order valence-corrected chi connectivity index (χ2v) is 5.34. The largest absolute Gasteiger partial charge is 0.451 e. The maximum atomic E-state index is 11.8. The van der Waals surface area contributed by atoms with Gasteiger partial charge in [0.1, 0.15) is 6.26 Å². The van der Waals surface area contributed by atoms with E-state index < -0.39 is 10.0 Å². The van der Waals surface area contributed by atoms with Crippen LogP contribution in [-0.4, -0.2) is 32.3 Å². The van der Waals surface area contributed by atoms with Crippen molar-refractivity contribution in [3.63, 3.8) is 0 Å². The molecule has 0 saturated heterocycles. The number of amides is 1. The minimum atomic E-state index is -3.88. The lowest BCUT2D eigenvalue weighted by Gasteiger charge is -2.14. The Morgan fingerprint density at radius 2 is 2.19 bits per heavy atom. The van der Waals surface area contributed by atoms with Crippen molar-refractivity contribution in [3.8, 4) is 0 Å². The van der Waals surface area contributed by atoms with E-state index in [2.05, 4.69) is 0 Å². The van der Waals surface area contributed by atoms with Crippen LogP contribution in [0.2, 0.25) is 0 Å². The summed E-state index contributed by atoms with van der Waals surface area (Å²) in [4.78, 5) is 13.4. The van der Waals surface area contributed by atoms with Gasteiger partial charge in [0.05, 0.1) is 5.56 Å². The molecule has 1 fully saturated rings. The Labute approximate surface area is 93.1 Å². The topological polar surface area (TPSA) is 93.6 Å². The van der Waals surface area contributed by atoms with Gasteiger partial charge in [0, 0.05) is 19.2 Å². The van der Waals surface area contributed by atoms with Crippen LogP contribution < -0.4 is 5.14 Å². The molecular formula is C9H12N2O4S. The van der Waals surface area contributed by atoms with Gasteiger partial charge in [0.2, 0.25) is 5.09 Å². The number of carbonyl (C=O) groups excluding carboxylic acids is 1. The third kappa shape index (κ3) is 2.10. The van der Waals surface area contributed by atoms with E-state index in [1.807, 2.05) is 0 Å². The Kier molecular flexibility index (Phi) is 2.51. The zero-order valence-corrected chi connectivity index (χ0v) is 9.53. The molecule has 2 N–H and O–H groups in total. The minimum absolute atomic E-state index is 0.207. The lowest BCUT2D eigenvalue weighted by atomic mass is 10.3. The summed E-state index contributed by atoms with van der Waals surface area (Å²) >= 11 is 0. The maximum absolute atomic E-state index is 11.8. The van der Waals surface area contributed by atoms with E-state index in [1.54, 1.807) is 11.9 Å². The molecule has 0 bridgehead atoms. The fourth-order valence-corrected chi connectivity index (χ4v) is 1.88. The molecule has 7 heteroatoms. The van der Waals surface area contributed by atoms with Gasteiger partial charge in [-0.15, -0.1) is 0 Å². The molecule has 16 heavy (non-hydrogen) atoms.